The summed E-state index contributed by atoms with van der Waals surface area (Å²) in [4.78, 5) is 6.53. The molecule has 2 aliphatic rings. The van der Waals surface area contributed by atoms with Crippen LogP contribution in [0.2, 0.25) is 0 Å². The molecule has 5 rings (SSSR count). The van der Waals surface area contributed by atoms with Gasteiger partial charge in [-0.15, -0.1) is 0 Å². The highest BCUT2D eigenvalue weighted by Crippen LogP contribution is 2.45. The van der Waals surface area contributed by atoms with E-state index < -0.39 is 0 Å². The van der Waals surface area contributed by atoms with Crippen molar-refractivity contribution in [1.82, 2.24) is 25.4 Å². The lowest BCUT2D eigenvalue weighted by atomic mass is 9.81. The number of hydrogen-bond donors (Lipinski definition) is 2. The number of nitrogens with zero attached hydrogens (tertiary/aromatic N) is 5. The van der Waals surface area contributed by atoms with Gasteiger partial charge in [-0.05, 0) is 66.8 Å². The molecule has 1 saturated heterocycles. The van der Waals surface area contributed by atoms with E-state index in [1.807, 2.05) is 18.2 Å². The molecule has 0 radical (unpaired) electrons. The molecule has 1 fully saturated rings. The van der Waals surface area contributed by atoms with E-state index in [9.17, 15) is 0 Å². The Balaban J connectivity index is 1.58. The van der Waals surface area contributed by atoms with Crippen molar-refractivity contribution in [3.8, 4) is 0 Å². The first kappa shape index (κ1) is 17.9. The van der Waals surface area contributed by atoms with Gasteiger partial charge in [0.2, 0.25) is 0 Å². The van der Waals surface area contributed by atoms with Gasteiger partial charge in [-0.25, -0.2) is 9.47 Å². The number of fused-ring (bicyclic) bond motifs is 2. The van der Waals surface area contributed by atoms with Crippen molar-refractivity contribution in [2.24, 2.45) is 5.92 Å². The summed E-state index contributed by atoms with van der Waals surface area (Å²) in [6.45, 7) is 13.5. The average molecular weight is 389 g/mol. The molecule has 0 saturated carbocycles. The van der Waals surface area contributed by atoms with Crippen molar-refractivity contribution in [1.29, 1.82) is 0 Å². The summed E-state index contributed by atoms with van der Waals surface area (Å²) in [7, 11) is 0. The van der Waals surface area contributed by atoms with E-state index in [0.717, 1.165) is 60.8 Å². The van der Waals surface area contributed by atoms with Gasteiger partial charge in [0, 0.05) is 11.3 Å². The number of anilines is 1. The minimum absolute atomic E-state index is 0.234. The Morgan fingerprint density at radius 2 is 2.10 bits per heavy atom. The van der Waals surface area contributed by atoms with E-state index in [2.05, 4.69) is 42.5 Å². The predicted octanol–water partition coefficient (Wildman–Crippen LogP) is 3.76. The lowest BCUT2D eigenvalue weighted by Gasteiger charge is -2.36. The monoisotopic (exact) mass is 389 g/mol. The molecule has 2 aliphatic heterocycles. The first-order valence-corrected chi connectivity index (χ1v) is 10.2. The molecule has 0 bridgehead atoms. The van der Waals surface area contributed by atoms with E-state index in [1.165, 1.54) is 6.42 Å². The van der Waals surface area contributed by atoms with Crippen molar-refractivity contribution in [2.75, 3.05) is 25.0 Å². The second-order valence-corrected chi connectivity index (χ2v) is 7.76. The summed E-state index contributed by atoms with van der Waals surface area (Å²) in [5.41, 5.74) is 5.03. The maximum atomic E-state index is 8.02. The second-order valence-electron chi connectivity index (χ2n) is 7.76. The topological polar surface area (TPSA) is 87.2 Å². The summed E-state index contributed by atoms with van der Waals surface area (Å²) >= 11 is 0. The molecule has 29 heavy (non-hydrogen) atoms. The van der Waals surface area contributed by atoms with Gasteiger partial charge in [0.15, 0.2) is 5.70 Å². The van der Waals surface area contributed by atoms with Crippen molar-refractivity contribution < 1.29 is 4.63 Å². The smallest absolute Gasteiger partial charge is 0.196 e. The van der Waals surface area contributed by atoms with Crippen LogP contribution in [0, 0.1) is 12.5 Å². The summed E-state index contributed by atoms with van der Waals surface area (Å²) in [6, 6.07) is 5.82. The number of aromatic amines is 1. The van der Waals surface area contributed by atoms with Gasteiger partial charge in [-0.3, -0.25) is 5.10 Å². The van der Waals surface area contributed by atoms with Crippen LogP contribution in [0.4, 0.5) is 5.82 Å². The van der Waals surface area contributed by atoms with Gasteiger partial charge in [0.25, 0.3) is 0 Å². The van der Waals surface area contributed by atoms with Gasteiger partial charge < -0.3 is 10.2 Å². The van der Waals surface area contributed by atoms with Crippen LogP contribution in [0.25, 0.3) is 15.9 Å². The second kappa shape index (κ2) is 7.33. The fraction of sp³-hybridized carbons (Fsp3) is 0.429. The summed E-state index contributed by atoms with van der Waals surface area (Å²) < 4.78 is 4.97. The molecule has 0 spiro atoms. The first-order chi connectivity index (χ1) is 14.3. The van der Waals surface area contributed by atoms with Gasteiger partial charge in [0.05, 0.1) is 18.7 Å². The van der Waals surface area contributed by atoms with E-state index in [0.29, 0.717) is 17.0 Å². The number of H-pyrrole nitrogens is 1. The Morgan fingerprint density at radius 1 is 1.24 bits per heavy atom. The maximum Gasteiger partial charge on any atom is 0.196 e. The fourth-order valence-corrected chi connectivity index (χ4v) is 4.69. The number of likely N-dealkylation sites (tertiary alicyclic amines) is 1. The highest BCUT2D eigenvalue weighted by molar-refractivity contribution is 5.80. The summed E-state index contributed by atoms with van der Waals surface area (Å²) in [5.74, 6) is 0.962. The third-order valence-electron chi connectivity index (χ3n) is 6.07. The lowest BCUT2D eigenvalue weighted by molar-refractivity contribution is 0.199. The summed E-state index contributed by atoms with van der Waals surface area (Å²) in [6.07, 6.45) is 5.07. The van der Waals surface area contributed by atoms with E-state index in [1.54, 1.807) is 6.20 Å². The molecule has 8 nitrogen and oxygen atoms in total. The zero-order chi connectivity index (χ0) is 19.8. The van der Waals surface area contributed by atoms with Crippen LogP contribution in [0.15, 0.2) is 40.4 Å². The molecular weight excluding hydrogens is 366 g/mol. The molecule has 2 N–H and O–H groups in total. The SMILES string of the molecule is [C-]#[N+]C1=C(C2CCN(CCC)CC2)Nc2[nH]ncc2C1c1cccc2nonc12. The molecule has 3 aromatic rings. The number of aromatic nitrogens is 4. The van der Waals surface area contributed by atoms with E-state index in [-0.39, 0.29) is 5.92 Å². The molecular formula is C21H23N7O. The molecule has 8 heteroatoms. The standard InChI is InChI=1S/C21H23N7O/c1-3-9-28-10-7-13(8-11-28)18-20(22-2)17(15-12-23-25-21(15)24-18)14-5-4-6-16-19(14)27-29-26-16/h4-6,12-13,17H,3,7-11H2,1H3,(H2,23,24,25). The van der Waals surface area contributed by atoms with E-state index in [4.69, 9.17) is 11.2 Å². The van der Waals surface area contributed by atoms with Crippen LogP contribution in [0.5, 0.6) is 0 Å². The average Bonchev–Trinajstić information content (AvgIpc) is 3.42. The van der Waals surface area contributed by atoms with Crippen LogP contribution in [-0.4, -0.2) is 45.0 Å². The molecule has 0 aliphatic carbocycles. The molecule has 1 atom stereocenters. The fourth-order valence-electron chi connectivity index (χ4n) is 4.69. The minimum atomic E-state index is -0.234. The Hall–Kier alpha value is -3.18. The number of hydrogen-bond acceptors (Lipinski definition) is 6. The number of piperidine rings is 1. The Bertz CT molecular complexity index is 1100. The van der Waals surface area contributed by atoms with Crippen molar-refractivity contribution in [3.63, 3.8) is 0 Å². The molecule has 4 heterocycles. The van der Waals surface area contributed by atoms with Gasteiger partial charge in [0.1, 0.15) is 16.9 Å². The number of benzene rings is 1. The van der Waals surface area contributed by atoms with Gasteiger partial charge in [-0.2, -0.15) is 5.10 Å². The van der Waals surface area contributed by atoms with Crippen molar-refractivity contribution in [2.45, 2.75) is 32.1 Å². The summed E-state index contributed by atoms with van der Waals surface area (Å²) in [5, 5.41) is 18.9. The molecule has 0 amide bonds. The molecule has 148 valence electrons. The Labute approximate surface area is 168 Å². The zero-order valence-corrected chi connectivity index (χ0v) is 16.4. The highest BCUT2D eigenvalue weighted by Gasteiger charge is 2.36. The number of allylic oxidation sites excluding steroid dienone is 2. The van der Waals surface area contributed by atoms with Crippen molar-refractivity contribution >= 4 is 16.9 Å². The predicted molar refractivity (Wildman–Crippen MR) is 109 cm³/mol. The molecule has 1 aromatic carbocycles. The maximum absolute atomic E-state index is 8.02. The highest BCUT2D eigenvalue weighted by atomic mass is 16.6. The van der Waals surface area contributed by atoms with E-state index >= 15 is 0 Å². The van der Waals surface area contributed by atoms with Crippen LogP contribution in [0.1, 0.15) is 43.2 Å². The number of rotatable bonds is 4. The Morgan fingerprint density at radius 3 is 2.90 bits per heavy atom. The largest absolute Gasteiger partial charge is 0.354 e. The normalized spacial score (nSPS) is 20.5. The van der Waals surface area contributed by atoms with Gasteiger partial charge in [-0.1, -0.05) is 19.1 Å². The van der Waals surface area contributed by atoms with Crippen LogP contribution >= 0.6 is 0 Å². The first-order valence-electron chi connectivity index (χ1n) is 10.2. The minimum Gasteiger partial charge on any atom is -0.354 e. The lowest BCUT2D eigenvalue weighted by Crippen LogP contribution is -2.36. The molecule has 2 aromatic heterocycles. The van der Waals surface area contributed by atoms with Crippen LogP contribution in [0.3, 0.4) is 0 Å². The third-order valence-corrected chi connectivity index (χ3v) is 6.07. The van der Waals surface area contributed by atoms with Crippen LogP contribution in [-0.2, 0) is 0 Å². The quantitative estimate of drug-likeness (QED) is 0.661. The Kier molecular flexibility index (Phi) is 4.52. The third kappa shape index (κ3) is 2.98. The molecule has 1 unspecified atom stereocenters. The van der Waals surface area contributed by atoms with Crippen LogP contribution < -0.4 is 5.32 Å². The number of nitrogens with one attached hydrogen (secondary N) is 2. The van der Waals surface area contributed by atoms with Crippen molar-refractivity contribution in [3.05, 3.63) is 58.3 Å². The zero-order valence-electron chi connectivity index (χ0n) is 16.4. The van der Waals surface area contributed by atoms with Gasteiger partial charge >= 0.3 is 0 Å².